The second-order valence-electron chi connectivity index (χ2n) is 6.08. The third-order valence-corrected chi connectivity index (χ3v) is 4.62. The first-order valence-corrected chi connectivity index (χ1v) is 9.02. The molecule has 2 heterocycles. The Morgan fingerprint density at radius 2 is 1.85 bits per heavy atom. The van der Waals surface area contributed by atoms with E-state index in [2.05, 4.69) is 32.3 Å². The standard InChI is InChI=1S/C19H18FN5OS/c20-17-4-2-1-3-16(17)18-22-23-19(27)25(18)21-13-14-5-7-15(8-6-14)24-9-11-26-12-10-24/h1-8,13H,9-12H2,(H,23,27)/b21-13-. The summed E-state index contributed by atoms with van der Waals surface area (Å²) in [4.78, 5) is 2.28. The lowest BCUT2D eigenvalue weighted by atomic mass is 10.2. The number of morpholine rings is 1. The normalized spacial score (nSPS) is 14.8. The third-order valence-electron chi connectivity index (χ3n) is 4.36. The van der Waals surface area contributed by atoms with Crippen LogP contribution in [0.2, 0.25) is 0 Å². The molecule has 0 atom stereocenters. The van der Waals surface area contributed by atoms with Gasteiger partial charge in [0.05, 0.1) is 25.0 Å². The molecule has 1 aromatic heterocycles. The summed E-state index contributed by atoms with van der Waals surface area (Å²) in [6.45, 7) is 3.29. The van der Waals surface area contributed by atoms with Gasteiger partial charge in [0.2, 0.25) is 4.77 Å². The SMILES string of the molecule is Fc1ccccc1-c1n[nH]c(=S)n1/N=C\c1ccc(N2CCOCC2)cc1. The minimum absolute atomic E-state index is 0.300. The Balaban J connectivity index is 1.58. The molecule has 0 aliphatic carbocycles. The van der Waals surface area contributed by atoms with Crippen LogP contribution in [0.1, 0.15) is 5.56 Å². The number of hydrogen-bond acceptors (Lipinski definition) is 5. The Labute approximate surface area is 160 Å². The highest BCUT2D eigenvalue weighted by atomic mass is 32.1. The summed E-state index contributed by atoms with van der Waals surface area (Å²) in [7, 11) is 0. The van der Waals surface area contributed by atoms with Crippen LogP contribution in [-0.2, 0) is 4.74 Å². The predicted octanol–water partition coefficient (Wildman–Crippen LogP) is 3.47. The summed E-state index contributed by atoms with van der Waals surface area (Å²) in [5.41, 5.74) is 2.40. The van der Waals surface area contributed by atoms with Crippen LogP contribution in [-0.4, -0.2) is 47.4 Å². The van der Waals surface area contributed by atoms with E-state index in [0.717, 1.165) is 37.6 Å². The van der Waals surface area contributed by atoms with Crippen molar-refractivity contribution in [3.63, 3.8) is 0 Å². The summed E-state index contributed by atoms with van der Waals surface area (Å²) in [5.74, 6) is -0.0444. The Hall–Kier alpha value is -2.84. The van der Waals surface area contributed by atoms with Crippen molar-refractivity contribution in [1.82, 2.24) is 14.9 Å². The topological polar surface area (TPSA) is 58.4 Å². The minimum atomic E-state index is -0.377. The molecule has 3 aromatic rings. The van der Waals surface area contributed by atoms with Gasteiger partial charge in [0.25, 0.3) is 0 Å². The minimum Gasteiger partial charge on any atom is -0.378 e. The van der Waals surface area contributed by atoms with E-state index in [-0.39, 0.29) is 5.82 Å². The number of anilines is 1. The molecule has 6 nitrogen and oxygen atoms in total. The molecule has 0 unspecified atom stereocenters. The summed E-state index contributed by atoms with van der Waals surface area (Å²) < 4.78 is 21.2. The summed E-state index contributed by atoms with van der Waals surface area (Å²) >= 11 is 5.23. The molecule has 1 saturated heterocycles. The smallest absolute Gasteiger partial charge is 0.216 e. The maximum Gasteiger partial charge on any atom is 0.216 e. The van der Waals surface area contributed by atoms with E-state index in [1.807, 2.05) is 12.1 Å². The van der Waals surface area contributed by atoms with Crippen molar-refractivity contribution in [2.45, 2.75) is 0 Å². The van der Waals surface area contributed by atoms with Crippen LogP contribution in [0.25, 0.3) is 11.4 Å². The van der Waals surface area contributed by atoms with Gasteiger partial charge in [0.1, 0.15) is 5.82 Å². The zero-order valence-corrected chi connectivity index (χ0v) is 15.3. The van der Waals surface area contributed by atoms with E-state index >= 15 is 0 Å². The van der Waals surface area contributed by atoms with Crippen LogP contribution in [0.5, 0.6) is 0 Å². The van der Waals surface area contributed by atoms with Gasteiger partial charge in [-0.15, -0.1) is 0 Å². The fourth-order valence-corrected chi connectivity index (χ4v) is 3.11. The van der Waals surface area contributed by atoms with Crippen LogP contribution in [0.15, 0.2) is 53.6 Å². The lowest BCUT2D eigenvalue weighted by molar-refractivity contribution is 0.122. The molecule has 27 heavy (non-hydrogen) atoms. The highest BCUT2D eigenvalue weighted by molar-refractivity contribution is 7.71. The summed E-state index contributed by atoms with van der Waals surface area (Å²) in [6.07, 6.45) is 1.68. The molecule has 0 amide bonds. The number of aromatic amines is 1. The fourth-order valence-electron chi connectivity index (χ4n) is 2.93. The van der Waals surface area contributed by atoms with Gasteiger partial charge in [-0.2, -0.15) is 14.9 Å². The van der Waals surface area contributed by atoms with Gasteiger partial charge in [-0.05, 0) is 42.0 Å². The molecule has 0 spiro atoms. The van der Waals surface area contributed by atoms with Gasteiger partial charge in [-0.3, -0.25) is 0 Å². The van der Waals surface area contributed by atoms with E-state index in [4.69, 9.17) is 17.0 Å². The molecule has 0 radical (unpaired) electrons. The van der Waals surface area contributed by atoms with Gasteiger partial charge in [-0.25, -0.2) is 9.49 Å². The number of ether oxygens (including phenoxy) is 1. The average molecular weight is 383 g/mol. The average Bonchev–Trinajstić information content (AvgIpc) is 3.08. The number of halogens is 1. The molecule has 138 valence electrons. The lowest BCUT2D eigenvalue weighted by Crippen LogP contribution is -2.36. The molecule has 1 aliphatic heterocycles. The molecule has 4 rings (SSSR count). The maximum atomic E-state index is 14.1. The first-order chi connectivity index (χ1) is 13.2. The van der Waals surface area contributed by atoms with E-state index in [0.29, 0.717) is 16.2 Å². The van der Waals surface area contributed by atoms with Crippen molar-refractivity contribution in [2.24, 2.45) is 5.10 Å². The van der Waals surface area contributed by atoms with E-state index in [9.17, 15) is 4.39 Å². The maximum absolute atomic E-state index is 14.1. The monoisotopic (exact) mass is 383 g/mol. The van der Waals surface area contributed by atoms with Crippen molar-refractivity contribution in [1.29, 1.82) is 0 Å². The quantitative estimate of drug-likeness (QED) is 0.554. The molecule has 2 aromatic carbocycles. The molecule has 0 bridgehead atoms. The highest BCUT2D eigenvalue weighted by Gasteiger charge is 2.13. The first kappa shape index (κ1) is 17.6. The van der Waals surface area contributed by atoms with Crippen molar-refractivity contribution in [3.05, 3.63) is 64.7 Å². The third kappa shape index (κ3) is 3.81. The van der Waals surface area contributed by atoms with Crippen LogP contribution in [0, 0.1) is 10.6 Å². The Kier molecular flexibility index (Phi) is 5.08. The van der Waals surface area contributed by atoms with Crippen molar-refractivity contribution in [2.75, 3.05) is 31.2 Å². The molecule has 8 heteroatoms. The molecule has 0 saturated carbocycles. The first-order valence-electron chi connectivity index (χ1n) is 8.62. The predicted molar refractivity (Wildman–Crippen MR) is 105 cm³/mol. The van der Waals surface area contributed by atoms with Gasteiger partial charge >= 0.3 is 0 Å². The lowest BCUT2D eigenvalue weighted by Gasteiger charge is -2.28. The van der Waals surface area contributed by atoms with Crippen LogP contribution in [0.4, 0.5) is 10.1 Å². The Bertz CT molecular complexity index is 1010. The van der Waals surface area contributed by atoms with E-state index in [1.54, 1.807) is 24.4 Å². The van der Waals surface area contributed by atoms with E-state index in [1.165, 1.54) is 10.7 Å². The molecule has 1 N–H and O–H groups in total. The largest absolute Gasteiger partial charge is 0.378 e. The number of benzene rings is 2. The molecule has 1 aliphatic rings. The second kappa shape index (κ2) is 7.81. The Morgan fingerprint density at radius 1 is 1.11 bits per heavy atom. The second-order valence-corrected chi connectivity index (χ2v) is 6.47. The Morgan fingerprint density at radius 3 is 2.59 bits per heavy atom. The highest BCUT2D eigenvalue weighted by Crippen LogP contribution is 2.21. The summed E-state index contributed by atoms with van der Waals surface area (Å²) in [6, 6.07) is 14.5. The van der Waals surface area contributed by atoms with Crippen molar-refractivity contribution < 1.29 is 9.13 Å². The van der Waals surface area contributed by atoms with Crippen molar-refractivity contribution >= 4 is 24.1 Å². The van der Waals surface area contributed by atoms with Crippen molar-refractivity contribution in [3.8, 4) is 11.4 Å². The number of hydrogen-bond donors (Lipinski definition) is 1. The van der Waals surface area contributed by atoms with Gasteiger partial charge in [0, 0.05) is 18.8 Å². The van der Waals surface area contributed by atoms with Gasteiger partial charge in [0.15, 0.2) is 5.82 Å². The number of nitrogens with one attached hydrogen (secondary N) is 1. The number of rotatable bonds is 4. The number of H-pyrrole nitrogens is 1. The van der Waals surface area contributed by atoms with Crippen LogP contribution in [0.3, 0.4) is 0 Å². The fraction of sp³-hybridized carbons (Fsp3) is 0.211. The zero-order chi connectivity index (χ0) is 18.6. The van der Waals surface area contributed by atoms with Crippen LogP contribution >= 0.6 is 12.2 Å². The molecular weight excluding hydrogens is 365 g/mol. The summed E-state index contributed by atoms with van der Waals surface area (Å²) in [5, 5.41) is 11.2. The van der Waals surface area contributed by atoms with Crippen LogP contribution < -0.4 is 4.90 Å². The van der Waals surface area contributed by atoms with Gasteiger partial charge < -0.3 is 9.64 Å². The van der Waals surface area contributed by atoms with Gasteiger partial charge in [-0.1, -0.05) is 24.3 Å². The number of nitrogens with zero attached hydrogens (tertiary/aromatic N) is 4. The zero-order valence-electron chi connectivity index (χ0n) is 14.5. The molecule has 1 fully saturated rings. The van der Waals surface area contributed by atoms with E-state index < -0.39 is 0 Å². The molecular formula is C19H18FN5OS. The number of aromatic nitrogens is 3.